The van der Waals surface area contributed by atoms with Crippen LogP contribution in [0.15, 0.2) is 0 Å². The summed E-state index contributed by atoms with van der Waals surface area (Å²) in [4.78, 5) is 23.5. The number of aromatic nitrogens is 3. The third-order valence-corrected chi connectivity index (χ3v) is 5.15. The molecule has 0 aliphatic rings. The van der Waals surface area contributed by atoms with Gasteiger partial charge in [-0.1, -0.05) is 96.8 Å². The molecule has 1 heterocycles. The summed E-state index contributed by atoms with van der Waals surface area (Å²) in [6.07, 6.45) is 19.6. The van der Waals surface area contributed by atoms with Crippen molar-refractivity contribution >= 4 is 5.97 Å². The highest BCUT2D eigenvalue weighted by Crippen LogP contribution is 2.14. The summed E-state index contributed by atoms with van der Waals surface area (Å²) in [5.41, 5.74) is 0. The topological polar surface area (TPSA) is 94.4 Å². The van der Waals surface area contributed by atoms with E-state index in [1.165, 1.54) is 84.2 Å². The summed E-state index contributed by atoms with van der Waals surface area (Å²) in [6, 6.07) is -0.110. The van der Waals surface area contributed by atoms with E-state index in [9.17, 15) is 4.79 Å². The number of rotatable bonds is 19. The number of carbonyl (C=O) groups excluding carboxylic acids is 1. The van der Waals surface area contributed by atoms with Crippen LogP contribution in [-0.2, 0) is 11.4 Å². The molecule has 1 aromatic rings. The minimum atomic E-state index is -0.373. The lowest BCUT2D eigenvalue weighted by atomic mass is 10.0. The maximum absolute atomic E-state index is 11.9. The van der Waals surface area contributed by atoms with E-state index in [0.717, 1.165) is 19.3 Å². The highest BCUT2D eigenvalue weighted by molar-refractivity contribution is 5.71. The van der Waals surface area contributed by atoms with Gasteiger partial charge in [-0.15, -0.1) is 4.98 Å². The fourth-order valence-corrected chi connectivity index (χ4v) is 3.38. The number of aliphatic hydroxyl groups excluding tert-OH is 1. The number of nitrogens with zero attached hydrogens (tertiary/aromatic N) is 3. The Bertz CT molecular complexity index is 547. The average Bonchev–Trinajstić information content (AvgIpc) is 2.76. The van der Waals surface area contributed by atoms with E-state index in [4.69, 9.17) is 14.6 Å². The summed E-state index contributed by atoms with van der Waals surface area (Å²) >= 11 is 0. The summed E-state index contributed by atoms with van der Waals surface area (Å²) in [5.74, 6) is -0.265. The first-order valence-electron chi connectivity index (χ1n) is 11.8. The van der Waals surface area contributed by atoms with Crippen LogP contribution in [0, 0.1) is 0 Å². The molecule has 0 aliphatic heterocycles. The molecule has 0 spiro atoms. The van der Waals surface area contributed by atoms with Crippen LogP contribution in [0.1, 0.15) is 115 Å². The summed E-state index contributed by atoms with van der Waals surface area (Å²) in [7, 11) is 1.40. The fourth-order valence-electron chi connectivity index (χ4n) is 3.38. The van der Waals surface area contributed by atoms with Crippen molar-refractivity contribution in [1.82, 2.24) is 15.0 Å². The summed E-state index contributed by atoms with van der Waals surface area (Å²) < 4.78 is 10.0. The van der Waals surface area contributed by atoms with Gasteiger partial charge >= 0.3 is 18.0 Å². The predicted molar refractivity (Wildman–Crippen MR) is 117 cm³/mol. The number of unbranched alkanes of at least 4 members (excludes halogenated alkanes) is 14. The molecule has 0 radical (unpaired) electrons. The molecule has 0 fully saturated rings. The molecule has 0 saturated carbocycles. The number of methoxy groups -OCH3 is 1. The zero-order valence-corrected chi connectivity index (χ0v) is 19.0. The third-order valence-electron chi connectivity index (χ3n) is 5.15. The Labute approximate surface area is 182 Å². The van der Waals surface area contributed by atoms with E-state index in [0.29, 0.717) is 6.42 Å². The van der Waals surface area contributed by atoms with Crippen LogP contribution in [0.4, 0.5) is 0 Å². The van der Waals surface area contributed by atoms with Gasteiger partial charge in [0, 0.05) is 6.42 Å². The lowest BCUT2D eigenvalue weighted by molar-refractivity contribution is -0.135. The van der Waals surface area contributed by atoms with Crippen LogP contribution in [0.5, 0.6) is 12.0 Å². The zero-order valence-electron chi connectivity index (χ0n) is 19.0. The molecule has 0 bridgehead atoms. The van der Waals surface area contributed by atoms with Crippen LogP contribution < -0.4 is 9.47 Å². The lowest BCUT2D eigenvalue weighted by Gasteiger charge is -2.05. The number of aliphatic hydroxyl groups is 1. The van der Waals surface area contributed by atoms with Gasteiger partial charge in [0.2, 0.25) is 0 Å². The monoisotopic (exact) mass is 423 g/mol. The molecule has 0 saturated heterocycles. The van der Waals surface area contributed by atoms with Crippen molar-refractivity contribution < 1.29 is 19.4 Å². The lowest BCUT2D eigenvalue weighted by Crippen LogP contribution is -2.12. The molecule has 7 nitrogen and oxygen atoms in total. The van der Waals surface area contributed by atoms with Gasteiger partial charge in [0.25, 0.3) is 0 Å². The molecule has 1 rings (SSSR count). The van der Waals surface area contributed by atoms with Gasteiger partial charge in [-0.3, -0.25) is 4.79 Å². The quantitative estimate of drug-likeness (QED) is 0.230. The van der Waals surface area contributed by atoms with Gasteiger partial charge in [0.05, 0.1) is 7.11 Å². The Balaban J connectivity index is 1.95. The van der Waals surface area contributed by atoms with Crippen molar-refractivity contribution in [3.05, 3.63) is 5.82 Å². The first-order valence-corrected chi connectivity index (χ1v) is 11.8. The second kappa shape index (κ2) is 18.0. The van der Waals surface area contributed by atoms with E-state index in [1.54, 1.807) is 0 Å². The maximum Gasteiger partial charge on any atom is 0.330 e. The Kier molecular flexibility index (Phi) is 15.8. The molecule has 172 valence electrons. The highest BCUT2D eigenvalue weighted by Gasteiger charge is 2.11. The normalized spacial score (nSPS) is 10.9. The first-order chi connectivity index (χ1) is 14.7. The smallest absolute Gasteiger partial charge is 0.330 e. The second-order valence-electron chi connectivity index (χ2n) is 7.85. The molecular weight excluding hydrogens is 382 g/mol. The van der Waals surface area contributed by atoms with E-state index in [2.05, 4.69) is 21.9 Å². The molecule has 0 atom stereocenters. The van der Waals surface area contributed by atoms with Gasteiger partial charge in [-0.25, -0.2) is 0 Å². The fraction of sp³-hybridized carbons (Fsp3) is 0.826. The van der Waals surface area contributed by atoms with Crippen molar-refractivity contribution in [3.63, 3.8) is 0 Å². The summed E-state index contributed by atoms with van der Waals surface area (Å²) in [6.45, 7) is 1.89. The van der Waals surface area contributed by atoms with Crippen LogP contribution in [0.2, 0.25) is 0 Å². The van der Waals surface area contributed by atoms with Crippen LogP contribution >= 0.6 is 0 Å². The Morgan fingerprint density at radius 3 is 1.67 bits per heavy atom. The van der Waals surface area contributed by atoms with Gasteiger partial charge in [0.15, 0.2) is 5.82 Å². The Hall–Kier alpha value is -1.76. The Morgan fingerprint density at radius 2 is 1.20 bits per heavy atom. The summed E-state index contributed by atoms with van der Waals surface area (Å²) in [5, 5.41) is 9.12. The Morgan fingerprint density at radius 1 is 0.733 bits per heavy atom. The number of esters is 1. The van der Waals surface area contributed by atoms with Crippen molar-refractivity contribution in [2.75, 3.05) is 7.11 Å². The molecule has 7 heteroatoms. The zero-order chi connectivity index (χ0) is 21.9. The van der Waals surface area contributed by atoms with E-state index in [-0.39, 0.29) is 30.4 Å². The van der Waals surface area contributed by atoms with Crippen molar-refractivity contribution in [2.24, 2.45) is 0 Å². The molecule has 0 aromatic carbocycles. The molecule has 30 heavy (non-hydrogen) atoms. The van der Waals surface area contributed by atoms with E-state index < -0.39 is 0 Å². The van der Waals surface area contributed by atoms with Crippen molar-refractivity contribution in [2.45, 2.75) is 116 Å². The van der Waals surface area contributed by atoms with E-state index >= 15 is 0 Å². The van der Waals surface area contributed by atoms with Gasteiger partial charge < -0.3 is 14.6 Å². The SMILES string of the molecule is CCCCCCCCCCCCCCCCCC(=O)Oc1nc(CO)nc(OC)n1. The van der Waals surface area contributed by atoms with Crippen molar-refractivity contribution in [1.29, 1.82) is 0 Å². The van der Waals surface area contributed by atoms with Gasteiger partial charge in [-0.05, 0) is 6.42 Å². The van der Waals surface area contributed by atoms with Crippen LogP contribution in [0.3, 0.4) is 0 Å². The largest absolute Gasteiger partial charge is 0.467 e. The van der Waals surface area contributed by atoms with Gasteiger partial charge in [0.1, 0.15) is 6.61 Å². The number of hydrogen-bond donors (Lipinski definition) is 1. The third kappa shape index (κ3) is 13.5. The number of ether oxygens (including phenoxy) is 2. The first kappa shape index (κ1) is 26.3. The number of carbonyl (C=O) groups is 1. The predicted octanol–water partition coefficient (Wildman–Crippen LogP) is 5.54. The highest BCUT2D eigenvalue weighted by atomic mass is 16.6. The molecule has 1 N–H and O–H groups in total. The van der Waals surface area contributed by atoms with Crippen LogP contribution in [-0.4, -0.2) is 33.1 Å². The van der Waals surface area contributed by atoms with Gasteiger partial charge in [-0.2, -0.15) is 9.97 Å². The molecule has 0 unspecified atom stereocenters. The minimum Gasteiger partial charge on any atom is -0.467 e. The van der Waals surface area contributed by atoms with E-state index in [1.807, 2.05) is 0 Å². The standard InChI is InChI=1S/C23H41N3O4/c1-3-4-5-6-7-8-9-10-11-12-13-14-15-16-17-18-21(28)30-23-25-20(19-27)24-22(26-23)29-2/h27H,3-19H2,1-2H3. The molecular formula is C23H41N3O4. The molecule has 1 aromatic heterocycles. The van der Waals surface area contributed by atoms with Crippen LogP contribution in [0.25, 0.3) is 0 Å². The molecule has 0 amide bonds. The van der Waals surface area contributed by atoms with Crippen molar-refractivity contribution in [3.8, 4) is 12.0 Å². The average molecular weight is 424 g/mol. The molecule has 0 aliphatic carbocycles. The minimum absolute atomic E-state index is 0.0174. The number of hydrogen-bond acceptors (Lipinski definition) is 7. The second-order valence-corrected chi connectivity index (χ2v) is 7.85. The maximum atomic E-state index is 11.9.